The van der Waals surface area contributed by atoms with Gasteiger partial charge in [0.2, 0.25) is 0 Å². The van der Waals surface area contributed by atoms with Gasteiger partial charge in [-0.15, -0.1) is 0 Å². The Morgan fingerprint density at radius 3 is 2.88 bits per heavy atom. The molecule has 1 unspecified atom stereocenters. The third kappa shape index (κ3) is 3.12. The van der Waals surface area contributed by atoms with E-state index in [9.17, 15) is 9.18 Å². The molecule has 16 heavy (non-hydrogen) atoms. The molecule has 0 saturated heterocycles. The van der Waals surface area contributed by atoms with E-state index in [0.717, 1.165) is 6.07 Å². The summed E-state index contributed by atoms with van der Waals surface area (Å²) in [6.45, 7) is 3.95. The van der Waals surface area contributed by atoms with E-state index in [2.05, 4.69) is 5.32 Å². The SMILES string of the molecule is CCNC(=O)C(C)Oc1ccc(F)cc1N. The lowest BCUT2D eigenvalue weighted by Crippen LogP contribution is -2.36. The molecule has 1 atom stereocenters. The Bertz CT molecular complexity index is 382. The van der Waals surface area contributed by atoms with Crippen molar-refractivity contribution in [1.82, 2.24) is 5.32 Å². The molecule has 1 aromatic carbocycles. The van der Waals surface area contributed by atoms with Gasteiger partial charge >= 0.3 is 0 Å². The van der Waals surface area contributed by atoms with E-state index in [1.165, 1.54) is 12.1 Å². The van der Waals surface area contributed by atoms with Gasteiger partial charge in [0.1, 0.15) is 11.6 Å². The number of nitrogens with two attached hydrogens (primary N) is 1. The maximum atomic E-state index is 12.7. The molecule has 0 aliphatic carbocycles. The maximum Gasteiger partial charge on any atom is 0.260 e. The summed E-state index contributed by atoms with van der Waals surface area (Å²) < 4.78 is 18.1. The van der Waals surface area contributed by atoms with Crippen LogP contribution >= 0.6 is 0 Å². The minimum Gasteiger partial charge on any atom is -0.479 e. The monoisotopic (exact) mass is 226 g/mol. The zero-order chi connectivity index (χ0) is 12.1. The summed E-state index contributed by atoms with van der Waals surface area (Å²) in [5.74, 6) is -0.359. The van der Waals surface area contributed by atoms with E-state index in [4.69, 9.17) is 10.5 Å². The number of hydrogen-bond acceptors (Lipinski definition) is 3. The van der Waals surface area contributed by atoms with Gasteiger partial charge in [-0.3, -0.25) is 4.79 Å². The summed E-state index contributed by atoms with van der Waals surface area (Å²) in [5.41, 5.74) is 5.72. The van der Waals surface area contributed by atoms with Crippen molar-refractivity contribution in [2.75, 3.05) is 12.3 Å². The largest absolute Gasteiger partial charge is 0.479 e. The van der Waals surface area contributed by atoms with Crippen molar-refractivity contribution in [3.05, 3.63) is 24.0 Å². The molecule has 0 aliphatic rings. The molecule has 4 nitrogen and oxygen atoms in total. The Morgan fingerprint density at radius 1 is 1.62 bits per heavy atom. The van der Waals surface area contributed by atoms with E-state index < -0.39 is 11.9 Å². The Morgan fingerprint density at radius 2 is 2.31 bits per heavy atom. The lowest BCUT2D eigenvalue weighted by molar-refractivity contribution is -0.127. The van der Waals surface area contributed by atoms with Crippen molar-refractivity contribution >= 4 is 11.6 Å². The second kappa shape index (κ2) is 5.34. The van der Waals surface area contributed by atoms with E-state index in [1.54, 1.807) is 6.92 Å². The Hall–Kier alpha value is -1.78. The maximum absolute atomic E-state index is 12.7. The number of ether oxygens (including phenoxy) is 1. The first kappa shape index (κ1) is 12.3. The van der Waals surface area contributed by atoms with Crippen molar-refractivity contribution < 1.29 is 13.9 Å². The highest BCUT2D eigenvalue weighted by Gasteiger charge is 2.14. The van der Waals surface area contributed by atoms with Gasteiger partial charge in [0.05, 0.1) is 5.69 Å². The summed E-state index contributed by atoms with van der Waals surface area (Å²) in [6.07, 6.45) is -0.660. The van der Waals surface area contributed by atoms with Crippen molar-refractivity contribution in [2.45, 2.75) is 20.0 Å². The lowest BCUT2D eigenvalue weighted by Gasteiger charge is -2.15. The predicted molar refractivity (Wildman–Crippen MR) is 59.6 cm³/mol. The molecule has 0 heterocycles. The number of halogens is 1. The van der Waals surface area contributed by atoms with Crippen LogP contribution < -0.4 is 15.8 Å². The molecule has 0 bridgehead atoms. The molecule has 0 spiro atoms. The van der Waals surface area contributed by atoms with Crippen LogP contribution in [0.25, 0.3) is 0 Å². The van der Waals surface area contributed by atoms with Crippen molar-refractivity contribution in [2.24, 2.45) is 0 Å². The fraction of sp³-hybridized carbons (Fsp3) is 0.364. The number of carbonyl (C=O) groups is 1. The van der Waals surface area contributed by atoms with Crippen LogP contribution in [0.1, 0.15) is 13.8 Å². The molecule has 1 rings (SSSR count). The number of amides is 1. The first-order valence-electron chi connectivity index (χ1n) is 5.04. The summed E-state index contributed by atoms with van der Waals surface area (Å²) in [4.78, 5) is 11.4. The third-order valence-electron chi connectivity index (χ3n) is 2.00. The first-order valence-corrected chi connectivity index (χ1v) is 5.04. The summed E-state index contributed by atoms with van der Waals surface area (Å²) in [6, 6.07) is 3.79. The number of benzene rings is 1. The second-order valence-corrected chi connectivity index (χ2v) is 3.34. The van der Waals surface area contributed by atoms with Crippen LogP contribution in [-0.2, 0) is 4.79 Å². The normalized spacial score (nSPS) is 11.9. The highest BCUT2D eigenvalue weighted by Crippen LogP contribution is 2.22. The van der Waals surface area contributed by atoms with Crippen LogP contribution in [0.5, 0.6) is 5.75 Å². The van der Waals surface area contributed by atoms with Crippen molar-refractivity contribution in [3.63, 3.8) is 0 Å². The fourth-order valence-electron chi connectivity index (χ4n) is 1.19. The first-order chi connectivity index (χ1) is 7.54. The van der Waals surface area contributed by atoms with Gasteiger partial charge in [-0.1, -0.05) is 0 Å². The topological polar surface area (TPSA) is 64.3 Å². The minimum absolute atomic E-state index is 0.177. The average molecular weight is 226 g/mol. The predicted octanol–water partition coefficient (Wildman–Crippen LogP) is 1.31. The number of nitrogen functional groups attached to an aromatic ring is 1. The van der Waals surface area contributed by atoms with Gasteiger partial charge in [-0.25, -0.2) is 4.39 Å². The smallest absolute Gasteiger partial charge is 0.260 e. The molecule has 0 aliphatic heterocycles. The number of nitrogens with one attached hydrogen (secondary N) is 1. The van der Waals surface area contributed by atoms with Crippen LogP contribution in [-0.4, -0.2) is 18.6 Å². The van der Waals surface area contributed by atoms with Gasteiger partial charge in [-0.05, 0) is 26.0 Å². The van der Waals surface area contributed by atoms with E-state index >= 15 is 0 Å². The average Bonchev–Trinajstić information content (AvgIpc) is 2.22. The number of likely N-dealkylation sites (N-methyl/N-ethyl adjacent to an activating group) is 1. The molecule has 0 aromatic heterocycles. The molecule has 5 heteroatoms. The van der Waals surface area contributed by atoms with Crippen LogP contribution in [0.3, 0.4) is 0 Å². The molecular weight excluding hydrogens is 211 g/mol. The van der Waals surface area contributed by atoms with Crippen LogP contribution in [0.15, 0.2) is 18.2 Å². The molecule has 0 fully saturated rings. The Kier molecular flexibility index (Phi) is 4.10. The van der Waals surface area contributed by atoms with Gasteiger partial charge in [0.15, 0.2) is 6.10 Å². The summed E-state index contributed by atoms with van der Waals surface area (Å²) in [7, 11) is 0. The number of carbonyl (C=O) groups excluding carboxylic acids is 1. The fourth-order valence-corrected chi connectivity index (χ4v) is 1.19. The molecule has 1 amide bonds. The molecule has 1 aromatic rings. The molecule has 0 radical (unpaired) electrons. The zero-order valence-corrected chi connectivity index (χ0v) is 9.29. The van der Waals surface area contributed by atoms with Gasteiger partial charge in [-0.2, -0.15) is 0 Å². The van der Waals surface area contributed by atoms with Crippen LogP contribution in [0.2, 0.25) is 0 Å². The second-order valence-electron chi connectivity index (χ2n) is 3.34. The molecular formula is C11H15FN2O2. The van der Waals surface area contributed by atoms with E-state index in [0.29, 0.717) is 12.3 Å². The van der Waals surface area contributed by atoms with Crippen molar-refractivity contribution in [1.29, 1.82) is 0 Å². The lowest BCUT2D eigenvalue weighted by atomic mass is 10.3. The number of anilines is 1. The third-order valence-corrected chi connectivity index (χ3v) is 2.00. The van der Waals surface area contributed by atoms with Gasteiger partial charge < -0.3 is 15.8 Å². The highest BCUT2D eigenvalue weighted by atomic mass is 19.1. The highest BCUT2D eigenvalue weighted by molar-refractivity contribution is 5.80. The van der Waals surface area contributed by atoms with E-state index in [-0.39, 0.29) is 11.6 Å². The minimum atomic E-state index is -0.660. The number of rotatable bonds is 4. The Labute approximate surface area is 93.6 Å². The van der Waals surface area contributed by atoms with E-state index in [1.807, 2.05) is 6.92 Å². The summed E-state index contributed by atoms with van der Waals surface area (Å²) in [5, 5.41) is 2.62. The molecule has 0 saturated carbocycles. The summed E-state index contributed by atoms with van der Waals surface area (Å²) >= 11 is 0. The van der Waals surface area contributed by atoms with Gasteiger partial charge in [0.25, 0.3) is 5.91 Å². The standard InChI is InChI=1S/C11H15FN2O2/c1-3-14-11(15)7(2)16-10-5-4-8(12)6-9(10)13/h4-7H,3,13H2,1-2H3,(H,14,15). The molecule has 88 valence electrons. The molecule has 3 N–H and O–H groups in total. The van der Waals surface area contributed by atoms with Crippen LogP contribution in [0.4, 0.5) is 10.1 Å². The zero-order valence-electron chi connectivity index (χ0n) is 9.29. The quantitative estimate of drug-likeness (QED) is 0.761. The van der Waals surface area contributed by atoms with Crippen molar-refractivity contribution in [3.8, 4) is 5.75 Å². The Balaban J connectivity index is 2.69. The number of hydrogen-bond donors (Lipinski definition) is 2. The van der Waals surface area contributed by atoms with Gasteiger partial charge in [0, 0.05) is 12.6 Å². The van der Waals surface area contributed by atoms with Crippen LogP contribution in [0, 0.1) is 5.82 Å².